The molecule has 1 atom stereocenters. The molecule has 3 N–H and O–H groups in total. The monoisotopic (exact) mass is 272 g/mol. The molecular weight excluding hydrogens is 254 g/mol. The van der Waals surface area contributed by atoms with Gasteiger partial charge in [-0.3, -0.25) is 4.79 Å². The van der Waals surface area contributed by atoms with Gasteiger partial charge in [-0.2, -0.15) is 0 Å². The number of nitrogens with one attached hydrogen (secondary N) is 2. The van der Waals surface area contributed by atoms with Crippen LogP contribution in [0.1, 0.15) is 12.5 Å². The van der Waals surface area contributed by atoms with Crippen LogP contribution in [-0.2, 0) is 11.2 Å². The zero-order valence-electron chi connectivity index (χ0n) is 10.7. The zero-order chi connectivity index (χ0) is 14.3. The molecule has 1 rings (SSSR count). The summed E-state index contributed by atoms with van der Waals surface area (Å²) < 4.78 is 26.6. The number of hydrogen-bond acceptors (Lipinski definition) is 3. The van der Waals surface area contributed by atoms with E-state index >= 15 is 0 Å². The Hall–Kier alpha value is -1.53. The maximum atomic E-state index is 13.3. The predicted octanol–water partition coefficient (Wildman–Crippen LogP) is 0.594. The third-order valence-electron chi connectivity index (χ3n) is 2.46. The highest BCUT2D eigenvalue weighted by atomic mass is 19.1. The van der Waals surface area contributed by atoms with Gasteiger partial charge in [-0.25, -0.2) is 8.78 Å². The lowest BCUT2D eigenvalue weighted by atomic mass is 10.1. The Bertz CT molecular complexity index is 405. The first-order chi connectivity index (χ1) is 9.00. The lowest BCUT2D eigenvalue weighted by Gasteiger charge is -2.09. The molecule has 0 bridgehead atoms. The summed E-state index contributed by atoms with van der Waals surface area (Å²) in [5, 5.41) is 14.4. The molecule has 0 aliphatic rings. The van der Waals surface area contributed by atoms with Crippen molar-refractivity contribution < 1.29 is 18.7 Å². The van der Waals surface area contributed by atoms with Crippen LogP contribution in [0, 0.1) is 11.6 Å². The summed E-state index contributed by atoms with van der Waals surface area (Å²) >= 11 is 0. The minimum Gasteiger partial charge on any atom is -0.392 e. The van der Waals surface area contributed by atoms with E-state index in [1.54, 1.807) is 6.92 Å². The number of aliphatic hydroxyl groups is 1. The second-order valence-electron chi connectivity index (χ2n) is 4.28. The Labute approximate surface area is 110 Å². The summed E-state index contributed by atoms with van der Waals surface area (Å²) in [5.41, 5.74) is -0.225. The first kappa shape index (κ1) is 15.5. The normalized spacial score (nSPS) is 12.2. The van der Waals surface area contributed by atoms with Gasteiger partial charge in [0.1, 0.15) is 11.6 Å². The third-order valence-corrected chi connectivity index (χ3v) is 2.46. The van der Waals surface area contributed by atoms with Gasteiger partial charge in [-0.05, 0) is 19.1 Å². The van der Waals surface area contributed by atoms with Crippen molar-refractivity contribution in [2.24, 2.45) is 0 Å². The van der Waals surface area contributed by atoms with Crippen LogP contribution in [0.2, 0.25) is 0 Å². The van der Waals surface area contributed by atoms with Crippen LogP contribution in [-0.4, -0.2) is 36.8 Å². The van der Waals surface area contributed by atoms with Crippen molar-refractivity contribution >= 4 is 5.91 Å². The molecule has 0 spiro atoms. The molecule has 106 valence electrons. The summed E-state index contributed by atoms with van der Waals surface area (Å²) in [6, 6.07) is 3.50. The van der Waals surface area contributed by atoms with Crippen molar-refractivity contribution in [1.82, 2.24) is 10.6 Å². The first-order valence-corrected chi connectivity index (χ1v) is 6.09. The van der Waals surface area contributed by atoms with Gasteiger partial charge in [0.15, 0.2) is 0 Å². The van der Waals surface area contributed by atoms with Crippen LogP contribution in [0.5, 0.6) is 0 Å². The average molecular weight is 272 g/mol. The minimum atomic E-state index is -0.720. The molecule has 0 aromatic heterocycles. The van der Waals surface area contributed by atoms with E-state index in [0.29, 0.717) is 19.6 Å². The van der Waals surface area contributed by atoms with Gasteiger partial charge in [0.25, 0.3) is 0 Å². The maximum Gasteiger partial charge on any atom is 0.224 e. The molecule has 1 aromatic carbocycles. The summed E-state index contributed by atoms with van der Waals surface area (Å²) in [6.07, 6.45) is -0.780. The van der Waals surface area contributed by atoms with Gasteiger partial charge in [-0.15, -0.1) is 0 Å². The highest BCUT2D eigenvalue weighted by Crippen LogP contribution is 2.12. The Balaban J connectivity index is 2.32. The number of aliphatic hydroxyl groups excluding tert-OH is 1. The SMILES string of the molecule is CC(O)CNCCNC(=O)Cc1c(F)cccc1F. The molecule has 0 saturated heterocycles. The van der Waals surface area contributed by atoms with Gasteiger partial charge in [0.05, 0.1) is 12.5 Å². The highest BCUT2D eigenvalue weighted by Gasteiger charge is 2.12. The second kappa shape index (κ2) is 7.81. The lowest BCUT2D eigenvalue weighted by molar-refractivity contribution is -0.120. The fraction of sp³-hybridized carbons (Fsp3) is 0.462. The molecular formula is C13H18F2N2O2. The first-order valence-electron chi connectivity index (χ1n) is 6.09. The molecule has 1 unspecified atom stereocenters. The van der Waals surface area contributed by atoms with E-state index in [-0.39, 0.29) is 12.0 Å². The van der Waals surface area contributed by atoms with E-state index < -0.39 is 23.6 Å². The summed E-state index contributed by atoms with van der Waals surface area (Å²) in [4.78, 5) is 11.5. The topological polar surface area (TPSA) is 61.4 Å². The summed E-state index contributed by atoms with van der Waals surface area (Å²) in [6.45, 7) is 2.89. The smallest absolute Gasteiger partial charge is 0.224 e. The number of carbonyl (C=O) groups is 1. The van der Waals surface area contributed by atoms with Crippen molar-refractivity contribution in [2.45, 2.75) is 19.4 Å². The van der Waals surface area contributed by atoms with E-state index in [9.17, 15) is 13.6 Å². The molecule has 0 radical (unpaired) electrons. The van der Waals surface area contributed by atoms with Gasteiger partial charge in [0, 0.05) is 25.2 Å². The second-order valence-corrected chi connectivity index (χ2v) is 4.28. The number of rotatable bonds is 7. The van der Waals surface area contributed by atoms with Crippen LogP contribution in [0.15, 0.2) is 18.2 Å². The highest BCUT2D eigenvalue weighted by molar-refractivity contribution is 5.78. The Morgan fingerprint density at radius 1 is 1.32 bits per heavy atom. The van der Waals surface area contributed by atoms with Gasteiger partial charge >= 0.3 is 0 Å². The van der Waals surface area contributed by atoms with E-state index in [4.69, 9.17) is 5.11 Å². The Morgan fingerprint density at radius 3 is 2.53 bits per heavy atom. The lowest BCUT2D eigenvalue weighted by Crippen LogP contribution is -2.35. The van der Waals surface area contributed by atoms with Gasteiger partial charge in [-0.1, -0.05) is 6.07 Å². The van der Waals surface area contributed by atoms with Crippen LogP contribution >= 0.6 is 0 Å². The quantitative estimate of drug-likeness (QED) is 0.637. The number of amides is 1. The molecule has 19 heavy (non-hydrogen) atoms. The van der Waals surface area contributed by atoms with E-state index in [2.05, 4.69) is 10.6 Å². The molecule has 0 heterocycles. The molecule has 4 nitrogen and oxygen atoms in total. The number of benzene rings is 1. The third kappa shape index (κ3) is 5.76. The molecule has 0 saturated carbocycles. The minimum absolute atomic E-state index is 0.225. The van der Waals surface area contributed by atoms with E-state index in [1.165, 1.54) is 6.07 Å². The van der Waals surface area contributed by atoms with Crippen LogP contribution < -0.4 is 10.6 Å². The number of carbonyl (C=O) groups excluding carboxylic acids is 1. The van der Waals surface area contributed by atoms with Crippen molar-refractivity contribution in [1.29, 1.82) is 0 Å². The maximum absolute atomic E-state index is 13.3. The van der Waals surface area contributed by atoms with Crippen LogP contribution in [0.25, 0.3) is 0 Å². The number of halogens is 2. The van der Waals surface area contributed by atoms with Crippen molar-refractivity contribution in [3.05, 3.63) is 35.4 Å². The fourth-order valence-corrected chi connectivity index (χ4v) is 1.53. The van der Waals surface area contributed by atoms with Crippen molar-refractivity contribution in [2.75, 3.05) is 19.6 Å². The Morgan fingerprint density at radius 2 is 1.95 bits per heavy atom. The summed E-state index contributed by atoms with van der Waals surface area (Å²) in [5.74, 6) is -1.88. The standard InChI is InChI=1S/C13H18F2N2O2/c1-9(18)8-16-5-6-17-13(19)7-10-11(14)3-2-4-12(10)15/h2-4,9,16,18H,5-8H2,1H3,(H,17,19). The molecule has 0 aliphatic carbocycles. The van der Waals surface area contributed by atoms with E-state index in [1.807, 2.05) is 0 Å². The van der Waals surface area contributed by atoms with Crippen LogP contribution in [0.3, 0.4) is 0 Å². The Kier molecular flexibility index (Phi) is 6.38. The van der Waals surface area contributed by atoms with Crippen LogP contribution in [0.4, 0.5) is 8.78 Å². The fourth-order valence-electron chi connectivity index (χ4n) is 1.53. The summed E-state index contributed by atoms with van der Waals surface area (Å²) in [7, 11) is 0. The largest absolute Gasteiger partial charge is 0.392 e. The predicted molar refractivity (Wildman–Crippen MR) is 67.6 cm³/mol. The molecule has 0 fully saturated rings. The molecule has 1 amide bonds. The molecule has 1 aromatic rings. The number of hydrogen-bond donors (Lipinski definition) is 3. The zero-order valence-corrected chi connectivity index (χ0v) is 10.7. The molecule has 6 heteroatoms. The average Bonchev–Trinajstić information content (AvgIpc) is 2.33. The van der Waals surface area contributed by atoms with Crippen molar-refractivity contribution in [3.8, 4) is 0 Å². The van der Waals surface area contributed by atoms with Crippen molar-refractivity contribution in [3.63, 3.8) is 0 Å². The van der Waals surface area contributed by atoms with Gasteiger partial charge in [0.2, 0.25) is 5.91 Å². The molecule has 0 aliphatic heterocycles. The van der Waals surface area contributed by atoms with Gasteiger partial charge < -0.3 is 15.7 Å². The van der Waals surface area contributed by atoms with E-state index in [0.717, 1.165) is 12.1 Å².